The molecule has 3 heterocycles. The Morgan fingerprint density at radius 3 is 2.85 bits per heavy atom. The molecular weight excluding hydrogens is 354 g/mol. The van der Waals surface area contributed by atoms with Crippen LogP contribution >= 0.6 is 11.3 Å². The molecule has 4 rings (SSSR count). The Hall–Kier alpha value is -1.93. The number of hydrogen-bond donors (Lipinski definition) is 1. The lowest BCUT2D eigenvalue weighted by atomic mass is 9.98. The summed E-state index contributed by atoms with van der Waals surface area (Å²) in [6, 6.07) is 0. The maximum atomic E-state index is 12.7. The third-order valence-electron chi connectivity index (χ3n) is 5.28. The number of amides is 1. The molecule has 1 fully saturated rings. The van der Waals surface area contributed by atoms with Gasteiger partial charge in [-0.05, 0) is 44.1 Å². The molecule has 7 nitrogen and oxygen atoms in total. The molecule has 26 heavy (non-hydrogen) atoms. The van der Waals surface area contributed by atoms with Crippen LogP contribution in [-0.4, -0.2) is 34.3 Å². The Kier molecular flexibility index (Phi) is 4.71. The van der Waals surface area contributed by atoms with Gasteiger partial charge in [0.05, 0.1) is 11.6 Å². The number of thiophene rings is 1. The van der Waals surface area contributed by atoms with Crippen molar-refractivity contribution < 1.29 is 9.53 Å². The van der Waals surface area contributed by atoms with Crippen molar-refractivity contribution in [3.05, 3.63) is 31.3 Å². The van der Waals surface area contributed by atoms with Crippen LogP contribution in [0.4, 0.5) is 0 Å². The van der Waals surface area contributed by atoms with Crippen molar-refractivity contribution in [1.82, 2.24) is 14.5 Å². The highest BCUT2D eigenvalue weighted by molar-refractivity contribution is 7.19. The molecule has 0 radical (unpaired) electrons. The van der Waals surface area contributed by atoms with Gasteiger partial charge in [0.15, 0.2) is 0 Å². The van der Waals surface area contributed by atoms with Crippen molar-refractivity contribution in [2.24, 2.45) is 7.05 Å². The lowest BCUT2D eigenvalue weighted by Gasteiger charge is -2.15. The molecule has 0 spiro atoms. The largest absolute Gasteiger partial charge is 0.376 e. The van der Waals surface area contributed by atoms with Crippen LogP contribution in [0.1, 0.15) is 36.1 Å². The Morgan fingerprint density at radius 2 is 2.08 bits per heavy atom. The minimum absolute atomic E-state index is 0.0599. The first-order valence-corrected chi connectivity index (χ1v) is 10.0. The quantitative estimate of drug-likeness (QED) is 0.860. The van der Waals surface area contributed by atoms with Crippen LogP contribution in [0, 0.1) is 0 Å². The summed E-state index contributed by atoms with van der Waals surface area (Å²) in [5, 5.41) is 2.86. The molecule has 0 bridgehead atoms. The van der Waals surface area contributed by atoms with Gasteiger partial charge in [-0.1, -0.05) is 0 Å². The van der Waals surface area contributed by atoms with E-state index in [0.717, 1.165) is 55.3 Å². The van der Waals surface area contributed by atoms with E-state index in [4.69, 9.17) is 4.74 Å². The summed E-state index contributed by atoms with van der Waals surface area (Å²) < 4.78 is 8.69. The third kappa shape index (κ3) is 3.01. The van der Waals surface area contributed by atoms with E-state index in [0.29, 0.717) is 16.8 Å². The van der Waals surface area contributed by atoms with Crippen LogP contribution in [0.25, 0.3) is 10.2 Å². The standard InChI is InChI=1S/C18H23N3O4S/c1-20-17(23)16-15(12-6-2-3-7-13(12)26-16)21(18(20)24)10-14(22)19-9-11-5-4-8-25-11/h11H,2-10H2,1H3,(H,19,22). The Morgan fingerprint density at radius 1 is 1.27 bits per heavy atom. The zero-order valence-corrected chi connectivity index (χ0v) is 15.7. The molecule has 140 valence electrons. The fraction of sp³-hybridized carbons (Fsp3) is 0.611. The van der Waals surface area contributed by atoms with E-state index < -0.39 is 5.69 Å². The van der Waals surface area contributed by atoms with Crippen molar-refractivity contribution in [2.75, 3.05) is 13.2 Å². The fourth-order valence-electron chi connectivity index (χ4n) is 3.87. The Balaban J connectivity index is 1.69. The molecule has 1 saturated heterocycles. The van der Waals surface area contributed by atoms with Crippen LogP contribution in [-0.2, 0) is 36.0 Å². The average molecular weight is 377 g/mol. The van der Waals surface area contributed by atoms with Gasteiger partial charge in [0.1, 0.15) is 11.2 Å². The highest BCUT2D eigenvalue weighted by Gasteiger charge is 2.24. The zero-order valence-electron chi connectivity index (χ0n) is 14.9. The molecule has 1 unspecified atom stereocenters. The first kappa shape index (κ1) is 17.5. The molecule has 2 aliphatic rings. The summed E-state index contributed by atoms with van der Waals surface area (Å²) in [4.78, 5) is 38.9. The van der Waals surface area contributed by atoms with Gasteiger partial charge in [-0.3, -0.25) is 18.7 Å². The summed E-state index contributed by atoms with van der Waals surface area (Å²) in [6.45, 7) is 1.13. The number of carbonyl (C=O) groups excluding carboxylic acids is 1. The summed E-state index contributed by atoms with van der Waals surface area (Å²) >= 11 is 1.48. The van der Waals surface area contributed by atoms with Crippen molar-refractivity contribution >= 4 is 27.5 Å². The van der Waals surface area contributed by atoms with Gasteiger partial charge < -0.3 is 10.1 Å². The predicted molar refractivity (Wildman–Crippen MR) is 100.0 cm³/mol. The maximum absolute atomic E-state index is 12.7. The summed E-state index contributed by atoms with van der Waals surface area (Å²) in [5.74, 6) is -0.224. The van der Waals surface area contributed by atoms with Crippen LogP contribution in [0.3, 0.4) is 0 Å². The summed E-state index contributed by atoms with van der Waals surface area (Å²) in [7, 11) is 1.48. The van der Waals surface area contributed by atoms with E-state index in [-0.39, 0.29) is 24.1 Å². The maximum Gasteiger partial charge on any atom is 0.331 e. The van der Waals surface area contributed by atoms with E-state index >= 15 is 0 Å². The second-order valence-corrected chi connectivity index (χ2v) is 8.17. The summed E-state index contributed by atoms with van der Waals surface area (Å²) in [6.07, 6.45) is 5.98. The molecule has 2 aromatic rings. The minimum atomic E-state index is -0.430. The average Bonchev–Trinajstić information content (AvgIpc) is 3.29. The van der Waals surface area contributed by atoms with Crippen LogP contribution in [0.15, 0.2) is 9.59 Å². The van der Waals surface area contributed by atoms with Crippen molar-refractivity contribution in [3.63, 3.8) is 0 Å². The van der Waals surface area contributed by atoms with E-state index in [9.17, 15) is 14.4 Å². The number of rotatable bonds is 4. The fourth-order valence-corrected chi connectivity index (χ4v) is 5.24. The van der Waals surface area contributed by atoms with Crippen LogP contribution < -0.4 is 16.6 Å². The van der Waals surface area contributed by atoms with Crippen molar-refractivity contribution in [3.8, 4) is 0 Å². The minimum Gasteiger partial charge on any atom is -0.376 e. The van der Waals surface area contributed by atoms with Crippen LogP contribution in [0.2, 0.25) is 0 Å². The number of ether oxygens (including phenoxy) is 1. The first-order valence-electron chi connectivity index (χ1n) is 9.18. The van der Waals surface area contributed by atoms with E-state index in [1.165, 1.54) is 27.8 Å². The van der Waals surface area contributed by atoms with Gasteiger partial charge in [-0.15, -0.1) is 11.3 Å². The van der Waals surface area contributed by atoms with Gasteiger partial charge in [-0.2, -0.15) is 0 Å². The molecular formula is C18H23N3O4S. The number of hydrogen-bond acceptors (Lipinski definition) is 5. The van der Waals surface area contributed by atoms with Gasteiger partial charge in [-0.25, -0.2) is 4.79 Å². The molecule has 8 heteroatoms. The van der Waals surface area contributed by atoms with Crippen LogP contribution in [0.5, 0.6) is 0 Å². The molecule has 1 N–H and O–H groups in total. The smallest absolute Gasteiger partial charge is 0.331 e. The monoisotopic (exact) mass is 377 g/mol. The number of nitrogens with zero attached hydrogens (tertiary/aromatic N) is 2. The lowest BCUT2D eigenvalue weighted by molar-refractivity contribution is -0.122. The predicted octanol–water partition coefficient (Wildman–Crippen LogP) is 0.936. The molecule has 1 amide bonds. The molecule has 2 aromatic heterocycles. The molecule has 1 aliphatic heterocycles. The SMILES string of the molecule is Cn1c(=O)c2sc3c(c2n(CC(=O)NCC2CCCO2)c1=O)CCCC3. The van der Waals surface area contributed by atoms with Crippen molar-refractivity contribution in [1.29, 1.82) is 0 Å². The van der Waals surface area contributed by atoms with E-state index in [1.807, 2.05) is 0 Å². The van der Waals surface area contributed by atoms with Gasteiger partial charge >= 0.3 is 5.69 Å². The Bertz CT molecular complexity index is 965. The second-order valence-electron chi connectivity index (χ2n) is 7.06. The number of nitrogens with one attached hydrogen (secondary N) is 1. The third-order valence-corrected chi connectivity index (χ3v) is 6.55. The highest BCUT2D eigenvalue weighted by Crippen LogP contribution is 2.34. The van der Waals surface area contributed by atoms with Gasteiger partial charge in [0.25, 0.3) is 5.56 Å². The van der Waals surface area contributed by atoms with E-state index in [2.05, 4.69) is 5.32 Å². The molecule has 0 aromatic carbocycles. The van der Waals surface area contributed by atoms with Gasteiger partial charge in [0, 0.05) is 25.1 Å². The number of aryl methyl sites for hydroxylation is 2. The number of carbonyl (C=O) groups is 1. The molecule has 1 aliphatic carbocycles. The van der Waals surface area contributed by atoms with Gasteiger partial charge in [0.2, 0.25) is 5.91 Å². The lowest BCUT2D eigenvalue weighted by Crippen LogP contribution is -2.42. The second kappa shape index (κ2) is 7.00. The van der Waals surface area contributed by atoms with E-state index in [1.54, 1.807) is 0 Å². The number of fused-ring (bicyclic) bond motifs is 3. The number of aromatic nitrogens is 2. The molecule has 1 atom stereocenters. The zero-order chi connectivity index (χ0) is 18.3. The topological polar surface area (TPSA) is 82.3 Å². The highest BCUT2D eigenvalue weighted by atomic mass is 32.1. The molecule has 0 saturated carbocycles. The van der Waals surface area contributed by atoms with Crippen molar-refractivity contribution in [2.45, 2.75) is 51.2 Å². The first-order chi connectivity index (χ1) is 12.6. The normalized spacial score (nSPS) is 19.7. The summed E-state index contributed by atoms with van der Waals surface area (Å²) in [5.41, 5.74) is 1.06. The Labute approximate surface area is 154 Å².